The molecule has 0 aliphatic rings. The summed E-state index contributed by atoms with van der Waals surface area (Å²) in [5, 5.41) is 13.0. The number of benzene rings is 2. The van der Waals surface area contributed by atoms with E-state index in [2.05, 4.69) is 15.5 Å². The monoisotopic (exact) mass is 490 g/mol. The molecule has 1 aromatic heterocycles. The van der Waals surface area contributed by atoms with Crippen LogP contribution in [0.2, 0.25) is 5.02 Å². The highest BCUT2D eigenvalue weighted by atomic mass is 35.5. The van der Waals surface area contributed by atoms with Crippen LogP contribution in [-0.4, -0.2) is 54.4 Å². The van der Waals surface area contributed by atoms with Crippen molar-refractivity contribution in [1.29, 1.82) is 0 Å². The second-order valence-electron chi connectivity index (χ2n) is 7.07. The fraction of sp³-hybridized carbons (Fsp3) is 0.348. The fourth-order valence-electron chi connectivity index (χ4n) is 3.14. The van der Waals surface area contributed by atoms with Crippen LogP contribution >= 0.6 is 23.4 Å². The molecular formula is C23H27ClN4O4S. The van der Waals surface area contributed by atoms with Gasteiger partial charge < -0.3 is 24.1 Å². The molecule has 3 aromatic rings. The van der Waals surface area contributed by atoms with Crippen molar-refractivity contribution in [3.8, 4) is 22.9 Å². The smallest absolute Gasteiger partial charge is 0.230 e. The third-order valence-electron chi connectivity index (χ3n) is 4.82. The molecule has 33 heavy (non-hydrogen) atoms. The van der Waals surface area contributed by atoms with Gasteiger partial charge in [0.15, 0.2) is 22.5 Å². The van der Waals surface area contributed by atoms with E-state index in [1.165, 1.54) is 11.8 Å². The first-order valence-corrected chi connectivity index (χ1v) is 11.7. The van der Waals surface area contributed by atoms with Crippen molar-refractivity contribution in [3.63, 3.8) is 0 Å². The minimum atomic E-state index is -0.0888. The van der Waals surface area contributed by atoms with E-state index in [4.69, 9.17) is 25.8 Å². The molecule has 1 N–H and O–H groups in total. The van der Waals surface area contributed by atoms with Gasteiger partial charge in [0.1, 0.15) is 0 Å². The second kappa shape index (κ2) is 12.5. The molecule has 1 amide bonds. The van der Waals surface area contributed by atoms with Crippen LogP contribution in [0.5, 0.6) is 11.5 Å². The van der Waals surface area contributed by atoms with Crippen molar-refractivity contribution in [2.45, 2.75) is 24.7 Å². The van der Waals surface area contributed by atoms with E-state index < -0.39 is 0 Å². The van der Waals surface area contributed by atoms with Gasteiger partial charge >= 0.3 is 0 Å². The van der Waals surface area contributed by atoms with E-state index in [1.807, 2.05) is 34.9 Å². The molecule has 0 atom stereocenters. The molecule has 3 rings (SSSR count). The van der Waals surface area contributed by atoms with E-state index in [-0.39, 0.29) is 11.7 Å². The molecule has 8 nitrogen and oxygen atoms in total. The number of methoxy groups -OCH3 is 3. The van der Waals surface area contributed by atoms with Crippen LogP contribution in [0.4, 0.5) is 0 Å². The van der Waals surface area contributed by atoms with Gasteiger partial charge in [-0.15, -0.1) is 10.2 Å². The average Bonchev–Trinajstić information content (AvgIpc) is 3.24. The Kier molecular flexibility index (Phi) is 9.41. The lowest BCUT2D eigenvalue weighted by molar-refractivity contribution is -0.118. The lowest BCUT2D eigenvalue weighted by atomic mass is 10.2. The van der Waals surface area contributed by atoms with E-state index in [9.17, 15) is 4.79 Å². The topological polar surface area (TPSA) is 87.5 Å². The number of carbonyl (C=O) groups excluding carboxylic acids is 1. The summed E-state index contributed by atoms with van der Waals surface area (Å²) in [6, 6.07) is 13.0. The summed E-state index contributed by atoms with van der Waals surface area (Å²) >= 11 is 7.25. The highest BCUT2D eigenvalue weighted by Gasteiger charge is 2.17. The maximum Gasteiger partial charge on any atom is 0.230 e. The van der Waals surface area contributed by atoms with E-state index in [1.54, 1.807) is 33.5 Å². The zero-order chi connectivity index (χ0) is 23.6. The summed E-state index contributed by atoms with van der Waals surface area (Å²) in [5.41, 5.74) is 1.83. The summed E-state index contributed by atoms with van der Waals surface area (Å²) in [6.07, 6.45) is 0.783. The molecule has 0 saturated heterocycles. The Morgan fingerprint density at radius 2 is 1.82 bits per heavy atom. The summed E-state index contributed by atoms with van der Waals surface area (Å²) in [7, 11) is 4.86. The first-order valence-electron chi connectivity index (χ1n) is 10.3. The number of nitrogens with zero attached hydrogens (tertiary/aromatic N) is 3. The van der Waals surface area contributed by atoms with Gasteiger partial charge in [-0.25, -0.2) is 0 Å². The molecule has 0 saturated carbocycles. The van der Waals surface area contributed by atoms with Gasteiger partial charge in [-0.1, -0.05) is 35.5 Å². The number of aromatic nitrogens is 3. The van der Waals surface area contributed by atoms with E-state index in [0.717, 1.165) is 17.5 Å². The van der Waals surface area contributed by atoms with Gasteiger partial charge in [-0.2, -0.15) is 0 Å². The summed E-state index contributed by atoms with van der Waals surface area (Å²) < 4.78 is 18.0. The Hall–Kier alpha value is -2.75. The maximum atomic E-state index is 12.4. The predicted molar refractivity (Wildman–Crippen MR) is 129 cm³/mol. The number of carbonyl (C=O) groups is 1. The maximum absolute atomic E-state index is 12.4. The summed E-state index contributed by atoms with van der Waals surface area (Å²) in [6.45, 7) is 1.70. The third-order valence-corrected chi connectivity index (χ3v) is 6.04. The SMILES string of the molecule is COCCCn1c(SCC(=O)NCc2ccc(Cl)cc2)nnc1-c1ccc(OC)c(OC)c1. The minimum Gasteiger partial charge on any atom is -0.493 e. The Morgan fingerprint density at radius 3 is 2.52 bits per heavy atom. The summed E-state index contributed by atoms with van der Waals surface area (Å²) in [5.74, 6) is 2.07. The molecule has 0 unspecified atom stereocenters. The highest BCUT2D eigenvalue weighted by molar-refractivity contribution is 7.99. The molecule has 176 valence electrons. The van der Waals surface area contributed by atoms with Crippen LogP contribution in [0.25, 0.3) is 11.4 Å². The number of halogens is 1. The standard InChI is InChI=1S/C23H27ClN4O4S/c1-30-12-4-11-28-22(17-7-10-19(31-2)20(13-17)32-3)26-27-23(28)33-15-21(29)25-14-16-5-8-18(24)9-6-16/h5-10,13H,4,11-12,14-15H2,1-3H3,(H,25,29). The van der Waals surface area contributed by atoms with Gasteiger partial charge in [-0.3, -0.25) is 4.79 Å². The van der Waals surface area contributed by atoms with Gasteiger partial charge in [0.05, 0.1) is 20.0 Å². The Labute approximate surface area is 202 Å². The fourth-order valence-corrected chi connectivity index (χ4v) is 4.06. The summed E-state index contributed by atoms with van der Waals surface area (Å²) in [4.78, 5) is 12.4. The van der Waals surface area contributed by atoms with Crippen molar-refractivity contribution in [2.75, 3.05) is 33.7 Å². The molecular weight excluding hydrogens is 464 g/mol. The van der Waals surface area contributed by atoms with Gasteiger partial charge in [0.25, 0.3) is 0 Å². The number of nitrogens with one attached hydrogen (secondary N) is 1. The largest absolute Gasteiger partial charge is 0.493 e. The molecule has 10 heteroatoms. The van der Waals surface area contributed by atoms with Crippen LogP contribution in [0.15, 0.2) is 47.6 Å². The molecule has 2 aromatic carbocycles. The highest BCUT2D eigenvalue weighted by Crippen LogP contribution is 2.33. The van der Waals surface area contributed by atoms with Crippen LogP contribution in [-0.2, 0) is 22.6 Å². The van der Waals surface area contributed by atoms with Gasteiger partial charge in [0.2, 0.25) is 5.91 Å². The van der Waals surface area contributed by atoms with Crippen molar-refractivity contribution < 1.29 is 19.0 Å². The van der Waals surface area contributed by atoms with Crippen molar-refractivity contribution in [2.24, 2.45) is 0 Å². The number of hydrogen-bond acceptors (Lipinski definition) is 7. The van der Waals surface area contributed by atoms with Crippen molar-refractivity contribution >= 4 is 29.3 Å². The van der Waals surface area contributed by atoms with Gasteiger partial charge in [0, 0.05) is 37.4 Å². The van der Waals surface area contributed by atoms with Crippen molar-refractivity contribution in [1.82, 2.24) is 20.1 Å². The molecule has 0 radical (unpaired) electrons. The lowest BCUT2D eigenvalue weighted by Gasteiger charge is -2.12. The minimum absolute atomic E-state index is 0.0888. The Balaban J connectivity index is 1.71. The number of hydrogen-bond donors (Lipinski definition) is 1. The zero-order valence-electron chi connectivity index (χ0n) is 18.8. The number of thioether (sulfide) groups is 1. The van der Waals surface area contributed by atoms with Crippen LogP contribution < -0.4 is 14.8 Å². The second-order valence-corrected chi connectivity index (χ2v) is 8.44. The lowest BCUT2D eigenvalue weighted by Crippen LogP contribution is -2.24. The first kappa shape index (κ1) is 24.9. The molecule has 0 aliphatic carbocycles. The van der Waals surface area contributed by atoms with Crippen LogP contribution in [0.3, 0.4) is 0 Å². The zero-order valence-corrected chi connectivity index (χ0v) is 20.4. The van der Waals surface area contributed by atoms with Crippen LogP contribution in [0.1, 0.15) is 12.0 Å². The van der Waals surface area contributed by atoms with Crippen LogP contribution in [0, 0.1) is 0 Å². The predicted octanol–water partition coefficient (Wildman–Crippen LogP) is 4.06. The molecule has 0 bridgehead atoms. The quantitative estimate of drug-likeness (QED) is 0.302. The molecule has 0 spiro atoms. The average molecular weight is 491 g/mol. The Morgan fingerprint density at radius 1 is 1.06 bits per heavy atom. The third kappa shape index (κ3) is 6.86. The number of rotatable bonds is 12. The van der Waals surface area contributed by atoms with E-state index in [0.29, 0.717) is 47.2 Å². The normalized spacial score (nSPS) is 10.8. The molecule has 0 fully saturated rings. The van der Waals surface area contributed by atoms with Gasteiger partial charge in [-0.05, 0) is 42.3 Å². The van der Waals surface area contributed by atoms with Crippen molar-refractivity contribution in [3.05, 3.63) is 53.1 Å². The first-order chi connectivity index (χ1) is 16.0. The Bertz CT molecular complexity index is 1060. The van der Waals surface area contributed by atoms with E-state index >= 15 is 0 Å². The number of ether oxygens (including phenoxy) is 3. The number of amides is 1. The molecule has 0 aliphatic heterocycles. The molecule has 1 heterocycles.